The first-order valence-electron chi connectivity index (χ1n) is 11.8. The van der Waals surface area contributed by atoms with Gasteiger partial charge in [-0.2, -0.15) is 5.10 Å². The molecule has 0 saturated heterocycles. The van der Waals surface area contributed by atoms with Crippen molar-refractivity contribution in [1.82, 2.24) is 4.98 Å². The lowest BCUT2D eigenvalue weighted by Crippen LogP contribution is -2.26. The highest BCUT2D eigenvalue weighted by Crippen LogP contribution is 2.37. The molecule has 0 radical (unpaired) electrons. The first-order chi connectivity index (χ1) is 16.5. The van der Waals surface area contributed by atoms with Gasteiger partial charge >= 0.3 is 5.97 Å². The number of para-hydroxylation sites is 1. The van der Waals surface area contributed by atoms with Gasteiger partial charge in [-0.15, -0.1) is 0 Å². The zero-order chi connectivity index (χ0) is 23.7. The molecule has 2 aliphatic rings. The number of allylic oxidation sites excluding steroid dienone is 2. The van der Waals surface area contributed by atoms with Gasteiger partial charge in [-0.05, 0) is 43.4 Å². The van der Waals surface area contributed by atoms with E-state index in [0.717, 1.165) is 46.3 Å². The fourth-order valence-electron chi connectivity index (χ4n) is 4.29. The van der Waals surface area contributed by atoms with Crippen LogP contribution in [0.3, 0.4) is 0 Å². The molecular formula is C27H28ClN3O3. The maximum absolute atomic E-state index is 11.6. The van der Waals surface area contributed by atoms with Gasteiger partial charge in [0.15, 0.2) is 0 Å². The number of nitrogens with zero attached hydrogens (tertiary/aromatic N) is 2. The van der Waals surface area contributed by atoms with Crippen LogP contribution < -0.4 is 9.75 Å². The maximum atomic E-state index is 11.6. The molecule has 2 heterocycles. The van der Waals surface area contributed by atoms with Gasteiger partial charge in [-0.1, -0.05) is 49.2 Å². The Labute approximate surface area is 203 Å². The van der Waals surface area contributed by atoms with Crippen molar-refractivity contribution < 1.29 is 14.6 Å². The van der Waals surface area contributed by atoms with Gasteiger partial charge in [0.2, 0.25) is 0 Å². The Kier molecular flexibility index (Phi) is 6.33. The van der Waals surface area contributed by atoms with Gasteiger partial charge in [0.25, 0.3) is 0 Å². The number of fused-ring (bicyclic) bond motifs is 2. The number of hydrogen-bond acceptors (Lipinski definition) is 4. The number of carbonyl (C=O) groups is 1. The summed E-state index contributed by atoms with van der Waals surface area (Å²) in [5.74, 6) is 0.462. The molecular weight excluding hydrogens is 450 g/mol. The van der Waals surface area contributed by atoms with Crippen molar-refractivity contribution in [3.63, 3.8) is 0 Å². The summed E-state index contributed by atoms with van der Waals surface area (Å²) in [6, 6.07) is 14.0. The highest BCUT2D eigenvalue weighted by atomic mass is 35.5. The molecule has 0 bridgehead atoms. The molecule has 176 valence electrons. The summed E-state index contributed by atoms with van der Waals surface area (Å²) in [5.41, 5.74) is 5.38. The SMILES string of the molecule is CCC/C=C1/C(CC(=O)O)=NN(Cc2cc3cc(Cl)c(OCC4CC4)cc3[nH]2)c2ccccc21. The molecule has 0 atom stereocenters. The average Bonchev–Trinajstić information content (AvgIpc) is 3.56. The third kappa shape index (κ3) is 4.82. The summed E-state index contributed by atoms with van der Waals surface area (Å²) in [4.78, 5) is 15.1. The van der Waals surface area contributed by atoms with Crippen molar-refractivity contribution in [1.29, 1.82) is 0 Å². The predicted molar refractivity (Wildman–Crippen MR) is 137 cm³/mol. The van der Waals surface area contributed by atoms with Gasteiger partial charge in [0.05, 0.1) is 36.0 Å². The van der Waals surface area contributed by atoms with Crippen LogP contribution in [-0.4, -0.2) is 28.4 Å². The molecule has 1 aliphatic heterocycles. The van der Waals surface area contributed by atoms with Gasteiger partial charge in [-0.25, -0.2) is 0 Å². The van der Waals surface area contributed by atoms with Crippen LogP contribution in [0.15, 0.2) is 53.6 Å². The highest BCUT2D eigenvalue weighted by Gasteiger charge is 2.26. The first kappa shape index (κ1) is 22.5. The van der Waals surface area contributed by atoms with E-state index in [-0.39, 0.29) is 6.42 Å². The number of carboxylic acid groups (broad SMARTS) is 1. The number of rotatable bonds is 9. The number of aromatic nitrogens is 1. The van der Waals surface area contributed by atoms with Crippen molar-refractivity contribution >= 4 is 45.4 Å². The molecule has 6 nitrogen and oxygen atoms in total. The van der Waals surface area contributed by atoms with E-state index >= 15 is 0 Å². The van der Waals surface area contributed by atoms with E-state index in [0.29, 0.717) is 35.6 Å². The quantitative estimate of drug-likeness (QED) is 0.362. The molecule has 1 saturated carbocycles. The number of ether oxygens (including phenoxy) is 1. The zero-order valence-electron chi connectivity index (χ0n) is 19.2. The summed E-state index contributed by atoms with van der Waals surface area (Å²) in [6.45, 7) is 3.29. The lowest BCUT2D eigenvalue weighted by atomic mass is 9.94. The van der Waals surface area contributed by atoms with Crippen molar-refractivity contribution in [2.45, 2.75) is 45.6 Å². The normalized spacial score (nSPS) is 16.6. The first-order valence-corrected chi connectivity index (χ1v) is 12.2. The van der Waals surface area contributed by atoms with Crippen molar-refractivity contribution in [2.24, 2.45) is 11.0 Å². The standard InChI is InChI=1S/C27H28ClN3O3/c1-2-3-6-20-21-7-4-5-8-25(21)31(30-24(20)14-27(32)33)15-19-11-18-12-22(28)26(13-23(18)29-19)34-16-17-9-10-17/h4-8,11-13,17,29H,2-3,9-10,14-16H2,1H3,(H,32,33)/b20-6+. The summed E-state index contributed by atoms with van der Waals surface area (Å²) >= 11 is 6.47. The van der Waals surface area contributed by atoms with Crippen LogP contribution in [-0.2, 0) is 11.3 Å². The molecule has 0 amide bonds. The van der Waals surface area contributed by atoms with E-state index in [1.807, 2.05) is 41.4 Å². The number of H-pyrrole nitrogens is 1. The summed E-state index contributed by atoms with van der Waals surface area (Å²) in [6.07, 6.45) is 6.29. The summed E-state index contributed by atoms with van der Waals surface area (Å²) in [5, 5.41) is 17.8. The van der Waals surface area contributed by atoms with Crippen LogP contribution in [0, 0.1) is 5.92 Å². The number of unbranched alkanes of at least 4 members (excludes halogenated alkanes) is 1. The average molecular weight is 478 g/mol. The topological polar surface area (TPSA) is 77.9 Å². The number of halogens is 1. The second kappa shape index (κ2) is 9.55. The van der Waals surface area contributed by atoms with E-state index < -0.39 is 5.97 Å². The number of aromatic amines is 1. The minimum Gasteiger partial charge on any atom is -0.492 e. The van der Waals surface area contributed by atoms with Crippen molar-refractivity contribution in [2.75, 3.05) is 11.6 Å². The number of carboxylic acids is 1. The molecule has 2 aromatic carbocycles. The molecule has 1 fully saturated rings. The molecule has 1 aromatic heterocycles. The molecule has 7 heteroatoms. The summed E-state index contributed by atoms with van der Waals surface area (Å²) < 4.78 is 5.92. The van der Waals surface area contributed by atoms with Gasteiger partial charge < -0.3 is 14.8 Å². The van der Waals surface area contributed by atoms with E-state index in [1.165, 1.54) is 12.8 Å². The third-order valence-corrected chi connectivity index (χ3v) is 6.50. The summed E-state index contributed by atoms with van der Waals surface area (Å²) in [7, 11) is 0. The minimum absolute atomic E-state index is 0.121. The van der Waals surface area contributed by atoms with Gasteiger partial charge in [0.1, 0.15) is 5.75 Å². The fraction of sp³-hybridized carbons (Fsp3) is 0.333. The number of aliphatic carboxylic acids is 1. The Morgan fingerprint density at radius 2 is 2.12 bits per heavy atom. The van der Waals surface area contributed by atoms with E-state index in [2.05, 4.69) is 24.1 Å². The van der Waals surface area contributed by atoms with Gasteiger partial charge in [-0.3, -0.25) is 9.80 Å². The smallest absolute Gasteiger partial charge is 0.309 e. The molecule has 1 aliphatic carbocycles. The second-order valence-electron chi connectivity index (χ2n) is 9.02. The van der Waals surface area contributed by atoms with E-state index in [1.54, 1.807) is 0 Å². The fourth-order valence-corrected chi connectivity index (χ4v) is 4.52. The third-order valence-electron chi connectivity index (χ3n) is 6.20. The highest BCUT2D eigenvalue weighted by molar-refractivity contribution is 6.33. The van der Waals surface area contributed by atoms with Crippen LogP contribution in [0.5, 0.6) is 5.75 Å². The van der Waals surface area contributed by atoms with E-state index in [4.69, 9.17) is 21.4 Å². The monoisotopic (exact) mass is 477 g/mol. The number of benzene rings is 2. The predicted octanol–water partition coefficient (Wildman–Crippen LogP) is 6.64. The zero-order valence-corrected chi connectivity index (χ0v) is 19.9. The van der Waals surface area contributed by atoms with Crippen molar-refractivity contribution in [3.8, 4) is 5.75 Å². The molecule has 0 spiro atoms. The van der Waals surface area contributed by atoms with E-state index in [9.17, 15) is 9.90 Å². The Morgan fingerprint density at radius 3 is 2.88 bits per heavy atom. The second-order valence-corrected chi connectivity index (χ2v) is 9.42. The number of nitrogens with one attached hydrogen (secondary N) is 1. The number of hydrazone groups is 1. The maximum Gasteiger partial charge on any atom is 0.309 e. The molecule has 0 unspecified atom stereocenters. The lowest BCUT2D eigenvalue weighted by Gasteiger charge is -2.29. The minimum atomic E-state index is -0.889. The van der Waals surface area contributed by atoms with Crippen LogP contribution in [0.1, 0.15) is 50.3 Å². The van der Waals surface area contributed by atoms with Gasteiger partial charge in [0, 0.05) is 33.8 Å². The number of hydrogen-bond donors (Lipinski definition) is 2. The Morgan fingerprint density at radius 1 is 1.29 bits per heavy atom. The molecule has 2 N–H and O–H groups in total. The van der Waals surface area contributed by atoms with Crippen LogP contribution >= 0.6 is 11.6 Å². The number of anilines is 1. The van der Waals surface area contributed by atoms with Crippen molar-refractivity contribution in [3.05, 3.63) is 64.8 Å². The molecule has 34 heavy (non-hydrogen) atoms. The largest absolute Gasteiger partial charge is 0.492 e. The molecule has 3 aromatic rings. The van der Waals surface area contributed by atoms with Crippen LogP contribution in [0.25, 0.3) is 16.5 Å². The Bertz CT molecular complexity index is 1290. The van der Waals surface area contributed by atoms with Crippen LogP contribution in [0.4, 0.5) is 5.69 Å². The Hall–Kier alpha value is -3.25. The molecule has 5 rings (SSSR count). The lowest BCUT2D eigenvalue weighted by molar-refractivity contribution is -0.135. The van der Waals surface area contributed by atoms with Crippen LogP contribution in [0.2, 0.25) is 5.02 Å². The Balaban J connectivity index is 1.46.